The van der Waals surface area contributed by atoms with Gasteiger partial charge >= 0.3 is 0 Å². The van der Waals surface area contributed by atoms with Crippen LogP contribution in [0.3, 0.4) is 0 Å². The quantitative estimate of drug-likeness (QED) is 0.451. The van der Waals surface area contributed by atoms with Crippen LogP contribution in [0, 0.1) is 0 Å². The van der Waals surface area contributed by atoms with E-state index in [9.17, 15) is 8.42 Å². The Balaban J connectivity index is 1.92. The summed E-state index contributed by atoms with van der Waals surface area (Å²) >= 11 is 1.43. The number of ether oxygens (including phenoxy) is 1. The molecule has 8 nitrogen and oxygen atoms in total. The number of nitrogens with zero attached hydrogens (tertiary/aromatic N) is 4. The van der Waals surface area contributed by atoms with Gasteiger partial charge in [0.15, 0.2) is 11.0 Å². The lowest BCUT2D eigenvalue weighted by Crippen LogP contribution is -2.16. The van der Waals surface area contributed by atoms with Gasteiger partial charge in [-0.15, -0.1) is 10.2 Å². The Bertz CT molecular complexity index is 989. The van der Waals surface area contributed by atoms with Crippen molar-refractivity contribution < 1.29 is 13.2 Å². The highest BCUT2D eigenvalue weighted by atomic mass is 32.2. The summed E-state index contributed by atoms with van der Waals surface area (Å²) < 4.78 is 29.3. The first kappa shape index (κ1) is 19.3. The van der Waals surface area contributed by atoms with E-state index in [0.29, 0.717) is 23.2 Å². The maximum absolute atomic E-state index is 11.1. The van der Waals surface area contributed by atoms with E-state index in [1.165, 1.54) is 11.8 Å². The summed E-state index contributed by atoms with van der Waals surface area (Å²) in [4.78, 5) is 4.04. The van der Waals surface area contributed by atoms with Crippen LogP contribution in [-0.4, -0.2) is 46.8 Å². The fourth-order valence-electron chi connectivity index (χ4n) is 2.44. The van der Waals surface area contributed by atoms with Crippen LogP contribution in [0.1, 0.15) is 6.42 Å². The summed E-state index contributed by atoms with van der Waals surface area (Å²) in [6, 6.07) is 11.3. The second-order valence-corrected chi connectivity index (χ2v) is 8.44. The van der Waals surface area contributed by atoms with Crippen molar-refractivity contribution in [3.63, 3.8) is 0 Å². The molecule has 0 spiro atoms. The maximum Gasteiger partial charge on any atom is 0.209 e. The first-order valence-corrected chi connectivity index (χ1v) is 10.8. The molecule has 1 aromatic carbocycles. The molecule has 0 saturated heterocycles. The molecule has 142 valence electrons. The molecule has 0 unspecified atom stereocenters. The average Bonchev–Trinajstić information content (AvgIpc) is 3.09. The SMILES string of the molecule is COc1ccc(-n2c(SCCCS(N)(=O)=O)nnc2-c2ccncc2)cc1. The Morgan fingerprint density at radius 3 is 2.44 bits per heavy atom. The second kappa shape index (κ2) is 8.51. The zero-order chi connectivity index (χ0) is 19.3. The van der Waals surface area contributed by atoms with Gasteiger partial charge in [0, 0.05) is 29.4 Å². The molecule has 0 atom stereocenters. The molecule has 3 aromatic rings. The van der Waals surface area contributed by atoms with E-state index in [1.54, 1.807) is 19.5 Å². The summed E-state index contributed by atoms with van der Waals surface area (Å²) in [7, 11) is -1.85. The largest absolute Gasteiger partial charge is 0.497 e. The number of thioether (sulfide) groups is 1. The molecule has 2 N–H and O–H groups in total. The summed E-state index contributed by atoms with van der Waals surface area (Å²) in [6.07, 6.45) is 3.83. The van der Waals surface area contributed by atoms with Crippen molar-refractivity contribution in [1.29, 1.82) is 0 Å². The minimum absolute atomic E-state index is 0.0616. The zero-order valence-electron chi connectivity index (χ0n) is 14.6. The molecule has 0 saturated carbocycles. The topological polar surface area (TPSA) is 113 Å². The molecule has 0 bridgehead atoms. The first-order valence-electron chi connectivity index (χ1n) is 8.11. The van der Waals surface area contributed by atoms with Crippen LogP contribution in [0.5, 0.6) is 5.75 Å². The number of hydrogen-bond acceptors (Lipinski definition) is 7. The smallest absolute Gasteiger partial charge is 0.209 e. The van der Waals surface area contributed by atoms with Gasteiger partial charge in [-0.05, 0) is 42.8 Å². The number of pyridine rings is 1. The van der Waals surface area contributed by atoms with Gasteiger partial charge in [-0.2, -0.15) is 0 Å². The van der Waals surface area contributed by atoms with Crippen molar-refractivity contribution in [3.05, 3.63) is 48.8 Å². The van der Waals surface area contributed by atoms with Crippen LogP contribution in [0.4, 0.5) is 0 Å². The van der Waals surface area contributed by atoms with Crippen LogP contribution in [0.2, 0.25) is 0 Å². The van der Waals surface area contributed by atoms with Crippen LogP contribution in [0.25, 0.3) is 17.1 Å². The summed E-state index contributed by atoms with van der Waals surface area (Å²) in [5.41, 5.74) is 1.76. The van der Waals surface area contributed by atoms with Crippen LogP contribution < -0.4 is 9.88 Å². The van der Waals surface area contributed by atoms with E-state index in [-0.39, 0.29) is 5.75 Å². The molecule has 0 radical (unpaired) electrons. The van der Waals surface area contributed by atoms with Gasteiger partial charge in [0.1, 0.15) is 5.75 Å². The first-order chi connectivity index (χ1) is 13.0. The highest BCUT2D eigenvalue weighted by molar-refractivity contribution is 7.99. The van der Waals surface area contributed by atoms with Crippen molar-refractivity contribution in [2.45, 2.75) is 11.6 Å². The van der Waals surface area contributed by atoms with Gasteiger partial charge in [-0.1, -0.05) is 11.8 Å². The van der Waals surface area contributed by atoms with E-state index < -0.39 is 10.0 Å². The number of hydrogen-bond donors (Lipinski definition) is 1. The minimum Gasteiger partial charge on any atom is -0.497 e. The molecule has 0 aliphatic rings. The van der Waals surface area contributed by atoms with Crippen molar-refractivity contribution in [2.75, 3.05) is 18.6 Å². The minimum atomic E-state index is -3.46. The number of nitrogens with two attached hydrogens (primary N) is 1. The lowest BCUT2D eigenvalue weighted by molar-refractivity contribution is 0.414. The number of primary sulfonamides is 1. The Kier molecular flexibility index (Phi) is 6.09. The highest BCUT2D eigenvalue weighted by Gasteiger charge is 2.16. The maximum atomic E-state index is 11.1. The van der Waals surface area contributed by atoms with Crippen LogP contribution in [0.15, 0.2) is 53.9 Å². The van der Waals surface area contributed by atoms with Crippen molar-refractivity contribution in [1.82, 2.24) is 19.7 Å². The fraction of sp³-hybridized carbons (Fsp3) is 0.235. The number of methoxy groups -OCH3 is 1. The lowest BCUT2D eigenvalue weighted by atomic mass is 10.2. The van der Waals surface area contributed by atoms with Crippen molar-refractivity contribution in [2.24, 2.45) is 5.14 Å². The lowest BCUT2D eigenvalue weighted by Gasteiger charge is -2.11. The molecule has 27 heavy (non-hydrogen) atoms. The third-order valence-electron chi connectivity index (χ3n) is 3.71. The van der Waals surface area contributed by atoms with Gasteiger partial charge < -0.3 is 4.74 Å². The molecule has 0 aliphatic heterocycles. The summed E-state index contributed by atoms with van der Waals surface area (Å²) in [5, 5.41) is 14.3. The number of benzene rings is 1. The Morgan fingerprint density at radius 1 is 1.11 bits per heavy atom. The Labute approximate surface area is 161 Å². The van der Waals surface area contributed by atoms with E-state index in [4.69, 9.17) is 9.88 Å². The molecular weight excluding hydrogens is 386 g/mol. The average molecular weight is 406 g/mol. The molecule has 3 rings (SSSR count). The van der Waals surface area contributed by atoms with Crippen LogP contribution in [-0.2, 0) is 10.0 Å². The second-order valence-electron chi connectivity index (χ2n) is 5.64. The third kappa shape index (κ3) is 5.06. The molecule has 2 heterocycles. The fourth-order valence-corrected chi connectivity index (χ4v) is 4.06. The molecular formula is C17H19N5O3S2. The number of rotatable bonds is 8. The van der Waals surface area contributed by atoms with Gasteiger partial charge in [0.25, 0.3) is 0 Å². The zero-order valence-corrected chi connectivity index (χ0v) is 16.3. The van der Waals surface area contributed by atoms with E-state index in [2.05, 4.69) is 15.2 Å². The van der Waals surface area contributed by atoms with E-state index >= 15 is 0 Å². The molecule has 2 aromatic heterocycles. The molecule has 0 amide bonds. The molecule has 0 aliphatic carbocycles. The van der Waals surface area contributed by atoms with Gasteiger partial charge in [0.05, 0.1) is 12.9 Å². The predicted molar refractivity (Wildman–Crippen MR) is 104 cm³/mol. The number of sulfonamides is 1. The summed E-state index contributed by atoms with van der Waals surface area (Å²) in [5.74, 6) is 1.92. The van der Waals surface area contributed by atoms with Gasteiger partial charge in [0.2, 0.25) is 10.0 Å². The predicted octanol–water partition coefficient (Wildman–Crippen LogP) is 2.11. The Morgan fingerprint density at radius 2 is 1.81 bits per heavy atom. The third-order valence-corrected chi connectivity index (χ3v) is 5.58. The van der Waals surface area contributed by atoms with E-state index in [1.807, 2.05) is 41.0 Å². The number of aromatic nitrogens is 4. The summed E-state index contributed by atoms with van der Waals surface area (Å²) in [6.45, 7) is 0. The monoisotopic (exact) mass is 405 g/mol. The molecule has 0 fully saturated rings. The van der Waals surface area contributed by atoms with Crippen molar-refractivity contribution in [3.8, 4) is 22.8 Å². The van der Waals surface area contributed by atoms with Crippen molar-refractivity contribution >= 4 is 21.8 Å². The van der Waals surface area contributed by atoms with Gasteiger partial charge in [-0.3, -0.25) is 9.55 Å². The van der Waals surface area contributed by atoms with E-state index in [0.717, 1.165) is 17.0 Å². The van der Waals surface area contributed by atoms with Crippen LogP contribution >= 0.6 is 11.8 Å². The Hall–Kier alpha value is -2.43. The standard InChI is InChI=1S/C17H19N5O3S2/c1-25-15-5-3-14(4-6-15)22-16(13-7-9-19-10-8-13)20-21-17(22)26-11-2-12-27(18,23)24/h3-10H,2,11-12H2,1H3,(H2,18,23,24). The van der Waals surface area contributed by atoms with Gasteiger partial charge in [-0.25, -0.2) is 13.6 Å². The molecule has 10 heteroatoms. The highest BCUT2D eigenvalue weighted by Crippen LogP contribution is 2.28. The normalized spacial score (nSPS) is 11.5.